The molecule has 8 heteroatoms. The molecule has 2 atom stereocenters. The topological polar surface area (TPSA) is 81.6 Å². The van der Waals surface area contributed by atoms with E-state index in [1.54, 1.807) is 13.3 Å². The van der Waals surface area contributed by atoms with Crippen LogP contribution in [0.1, 0.15) is 18.4 Å². The van der Waals surface area contributed by atoms with E-state index in [0.717, 1.165) is 59.7 Å². The van der Waals surface area contributed by atoms with Gasteiger partial charge < -0.3 is 24.4 Å². The second-order valence-electron chi connectivity index (χ2n) is 9.00. The number of ether oxygens (including phenoxy) is 3. The van der Waals surface area contributed by atoms with E-state index in [1.807, 2.05) is 6.07 Å². The molecule has 8 nitrogen and oxygen atoms in total. The molecule has 3 aliphatic rings. The van der Waals surface area contributed by atoms with Crippen LogP contribution < -0.4 is 19.7 Å². The number of nitrogens with one attached hydrogen (secondary N) is 1. The Bertz CT molecular complexity index is 1170. The predicted octanol–water partition coefficient (Wildman–Crippen LogP) is 3.06. The number of aromatic nitrogens is 3. The van der Waals surface area contributed by atoms with E-state index in [9.17, 15) is 0 Å². The number of benzene rings is 1. The summed E-state index contributed by atoms with van der Waals surface area (Å²) in [6.45, 7) is 2.08. The smallest absolute Gasteiger partial charge is 0.233 e. The minimum Gasteiger partial charge on any atom is -0.480 e. The van der Waals surface area contributed by atoms with Crippen molar-refractivity contribution < 1.29 is 14.2 Å². The van der Waals surface area contributed by atoms with Crippen molar-refractivity contribution in [3.05, 3.63) is 48.2 Å². The molecule has 5 heterocycles. The average molecular weight is 446 g/mol. The van der Waals surface area contributed by atoms with Crippen molar-refractivity contribution in [1.29, 1.82) is 0 Å². The molecular weight excluding hydrogens is 418 g/mol. The van der Waals surface area contributed by atoms with Gasteiger partial charge in [-0.3, -0.25) is 0 Å². The molecule has 0 radical (unpaired) electrons. The normalized spacial score (nSPS) is 23.2. The monoisotopic (exact) mass is 445 g/mol. The highest BCUT2D eigenvalue weighted by Crippen LogP contribution is 2.39. The first-order valence-corrected chi connectivity index (χ1v) is 11.4. The van der Waals surface area contributed by atoms with Gasteiger partial charge in [-0.05, 0) is 47.7 Å². The number of rotatable bonds is 4. The van der Waals surface area contributed by atoms with Gasteiger partial charge in [0.2, 0.25) is 11.8 Å². The lowest BCUT2D eigenvalue weighted by Crippen LogP contribution is -2.58. The van der Waals surface area contributed by atoms with Gasteiger partial charge in [0, 0.05) is 42.4 Å². The maximum absolute atomic E-state index is 6.12. The number of anilines is 1. The lowest BCUT2D eigenvalue weighted by molar-refractivity contribution is 0.0183. The Morgan fingerprint density at radius 1 is 1.03 bits per heavy atom. The van der Waals surface area contributed by atoms with Crippen molar-refractivity contribution in [2.45, 2.75) is 37.6 Å². The number of piperidine rings is 1. The molecule has 3 aliphatic heterocycles. The van der Waals surface area contributed by atoms with Crippen molar-refractivity contribution in [3.8, 4) is 34.0 Å². The van der Waals surface area contributed by atoms with Crippen LogP contribution in [0, 0.1) is 0 Å². The molecule has 170 valence electrons. The molecule has 1 aromatic carbocycles. The van der Waals surface area contributed by atoms with Gasteiger partial charge in [-0.1, -0.05) is 12.1 Å². The van der Waals surface area contributed by atoms with Gasteiger partial charge in [-0.2, -0.15) is 10.1 Å². The van der Waals surface area contributed by atoms with Crippen LogP contribution in [-0.2, 0) is 11.3 Å². The van der Waals surface area contributed by atoms with Crippen molar-refractivity contribution in [3.63, 3.8) is 0 Å². The first-order chi connectivity index (χ1) is 16.2. The van der Waals surface area contributed by atoms with E-state index < -0.39 is 0 Å². The Morgan fingerprint density at radius 3 is 2.67 bits per heavy atom. The molecule has 1 N–H and O–H groups in total. The summed E-state index contributed by atoms with van der Waals surface area (Å²) >= 11 is 0. The summed E-state index contributed by atoms with van der Waals surface area (Å²) in [5.74, 6) is 2.15. The number of nitrogens with zero attached hydrogens (tertiary/aromatic N) is 4. The van der Waals surface area contributed by atoms with Gasteiger partial charge in [0.05, 0.1) is 26.5 Å². The summed E-state index contributed by atoms with van der Waals surface area (Å²) in [5, 5.41) is 11.6. The van der Waals surface area contributed by atoms with Crippen LogP contribution in [0.4, 0.5) is 5.82 Å². The van der Waals surface area contributed by atoms with E-state index >= 15 is 0 Å². The van der Waals surface area contributed by atoms with Gasteiger partial charge in [-0.15, -0.1) is 5.10 Å². The molecule has 33 heavy (non-hydrogen) atoms. The van der Waals surface area contributed by atoms with Crippen LogP contribution in [0.5, 0.6) is 11.8 Å². The zero-order valence-electron chi connectivity index (χ0n) is 18.8. The van der Waals surface area contributed by atoms with Crippen molar-refractivity contribution in [2.24, 2.45) is 0 Å². The molecule has 3 aromatic rings. The fourth-order valence-electron chi connectivity index (χ4n) is 5.16. The molecule has 2 unspecified atom stereocenters. The van der Waals surface area contributed by atoms with Gasteiger partial charge in [0.1, 0.15) is 12.4 Å². The number of hydrogen-bond donors (Lipinski definition) is 1. The summed E-state index contributed by atoms with van der Waals surface area (Å²) in [7, 11) is 3.73. The Balaban J connectivity index is 1.26. The summed E-state index contributed by atoms with van der Waals surface area (Å²) in [4.78, 5) is 7.21. The lowest BCUT2D eigenvalue weighted by atomic mass is 9.91. The minimum absolute atomic E-state index is 0.426. The number of fused-ring (bicyclic) bond motifs is 5. The molecule has 2 saturated heterocycles. The van der Waals surface area contributed by atoms with E-state index in [-0.39, 0.29) is 0 Å². The Morgan fingerprint density at radius 2 is 1.85 bits per heavy atom. The lowest BCUT2D eigenvalue weighted by Gasteiger charge is -2.43. The summed E-state index contributed by atoms with van der Waals surface area (Å²) in [6.07, 6.45) is 3.87. The number of morpholine rings is 1. The molecule has 0 spiro atoms. The van der Waals surface area contributed by atoms with Gasteiger partial charge in [0.15, 0.2) is 0 Å². The number of methoxy groups -OCH3 is 1. The zero-order valence-corrected chi connectivity index (χ0v) is 18.8. The second-order valence-corrected chi connectivity index (χ2v) is 9.00. The third-order valence-electron chi connectivity index (χ3n) is 6.91. The largest absolute Gasteiger partial charge is 0.480 e. The second kappa shape index (κ2) is 8.28. The molecule has 2 aromatic heterocycles. The van der Waals surface area contributed by atoms with Crippen LogP contribution >= 0.6 is 0 Å². The highest BCUT2D eigenvalue weighted by molar-refractivity contribution is 5.78. The van der Waals surface area contributed by atoms with Crippen LogP contribution in [0.3, 0.4) is 0 Å². The fourth-order valence-corrected chi connectivity index (χ4v) is 5.16. The number of pyridine rings is 1. The van der Waals surface area contributed by atoms with Gasteiger partial charge in [0.25, 0.3) is 0 Å². The standard InChI is InChI=1S/C25H27N5O3/c1-30(20-9-18-13-32-14-19(10-20)27-18)23-6-5-22-21-4-3-15(7-17(21)12-33-25(22)28-23)16-8-24(31-2)29-26-11-16/h3-8,11,18-20,27H,9-10,12-14H2,1-2H3. The van der Waals surface area contributed by atoms with Gasteiger partial charge >= 0.3 is 0 Å². The van der Waals surface area contributed by atoms with Crippen LogP contribution in [0.15, 0.2) is 42.6 Å². The molecule has 0 amide bonds. The van der Waals surface area contributed by atoms with Crippen molar-refractivity contribution >= 4 is 5.82 Å². The SMILES string of the molecule is COc1cc(-c2ccc3c(c2)COc2nc(N(C)C4CC5COCC(C4)N5)ccc2-3)cnn1. The van der Waals surface area contributed by atoms with Crippen LogP contribution in [-0.4, -0.2) is 60.7 Å². The fraction of sp³-hybridized carbons (Fsp3) is 0.400. The Kier molecular flexibility index (Phi) is 5.11. The van der Waals surface area contributed by atoms with E-state index in [4.69, 9.17) is 19.2 Å². The predicted molar refractivity (Wildman–Crippen MR) is 125 cm³/mol. The van der Waals surface area contributed by atoms with Crippen molar-refractivity contribution in [2.75, 3.05) is 32.3 Å². The average Bonchev–Trinajstić information content (AvgIpc) is 2.87. The highest BCUT2D eigenvalue weighted by Gasteiger charge is 2.34. The molecule has 0 saturated carbocycles. The first kappa shape index (κ1) is 20.4. The Hall–Kier alpha value is -3.23. The van der Waals surface area contributed by atoms with Crippen LogP contribution in [0.25, 0.3) is 22.3 Å². The van der Waals surface area contributed by atoms with E-state index in [2.05, 4.69) is 57.8 Å². The molecule has 2 bridgehead atoms. The van der Waals surface area contributed by atoms with Gasteiger partial charge in [-0.25, -0.2) is 0 Å². The summed E-state index contributed by atoms with van der Waals surface area (Å²) in [5.41, 5.74) is 5.33. The van der Waals surface area contributed by atoms with E-state index in [0.29, 0.717) is 36.5 Å². The first-order valence-electron chi connectivity index (χ1n) is 11.4. The third-order valence-corrected chi connectivity index (χ3v) is 6.91. The number of hydrogen-bond acceptors (Lipinski definition) is 8. The zero-order chi connectivity index (χ0) is 22.4. The summed E-state index contributed by atoms with van der Waals surface area (Å²) in [6, 6.07) is 13.8. The van der Waals surface area contributed by atoms with Crippen molar-refractivity contribution in [1.82, 2.24) is 20.5 Å². The molecule has 2 fully saturated rings. The maximum Gasteiger partial charge on any atom is 0.233 e. The third kappa shape index (κ3) is 3.79. The molecular formula is C25H27N5O3. The van der Waals surface area contributed by atoms with Crippen LogP contribution in [0.2, 0.25) is 0 Å². The maximum atomic E-state index is 6.12. The quantitative estimate of drug-likeness (QED) is 0.656. The molecule has 0 aliphatic carbocycles. The minimum atomic E-state index is 0.426. The molecule has 6 rings (SSSR count). The van der Waals surface area contributed by atoms with E-state index in [1.165, 1.54) is 0 Å². The Labute approximate surface area is 192 Å². The summed E-state index contributed by atoms with van der Waals surface area (Å²) < 4.78 is 17.0. The highest BCUT2D eigenvalue weighted by atomic mass is 16.5.